The molecule has 1 aromatic rings. The zero-order valence-corrected chi connectivity index (χ0v) is 14.1. The number of piperazine rings is 1. The third-order valence-corrected chi connectivity index (χ3v) is 4.37. The van der Waals surface area contributed by atoms with Crippen LogP contribution < -0.4 is 0 Å². The molecule has 0 aromatic heterocycles. The largest absolute Gasteiger partial charge is 0.389 e. The summed E-state index contributed by atoms with van der Waals surface area (Å²) in [5.41, 5.74) is 0.963. The van der Waals surface area contributed by atoms with E-state index >= 15 is 0 Å². The van der Waals surface area contributed by atoms with E-state index < -0.39 is 6.10 Å². The van der Waals surface area contributed by atoms with Crippen LogP contribution in [0.1, 0.15) is 18.9 Å². The first kappa shape index (κ1) is 17.7. The topological polar surface area (TPSA) is 35.9 Å². The predicted octanol–water partition coefficient (Wildman–Crippen LogP) is 2.25. The van der Waals surface area contributed by atoms with Gasteiger partial charge in [-0.1, -0.05) is 36.7 Å². The monoisotopic (exact) mass is 326 g/mol. The molecule has 1 heterocycles. The SMILES string of the molecule is CCCN1CCN(C[C@H](O)COCc2ccccc2Cl)CC1. The Labute approximate surface area is 138 Å². The first-order valence-electron chi connectivity index (χ1n) is 8.13. The fourth-order valence-corrected chi connectivity index (χ4v) is 2.97. The Hall–Kier alpha value is -0.650. The summed E-state index contributed by atoms with van der Waals surface area (Å²) in [5, 5.41) is 10.8. The minimum absolute atomic E-state index is 0.348. The maximum absolute atomic E-state index is 10.1. The summed E-state index contributed by atoms with van der Waals surface area (Å²) in [6, 6.07) is 7.64. The van der Waals surface area contributed by atoms with Crippen LogP contribution >= 0.6 is 11.6 Å². The molecule has 1 aliphatic heterocycles. The van der Waals surface area contributed by atoms with Crippen molar-refractivity contribution in [2.75, 3.05) is 45.9 Å². The quantitative estimate of drug-likeness (QED) is 0.795. The fraction of sp³-hybridized carbons (Fsp3) is 0.647. The van der Waals surface area contributed by atoms with Gasteiger partial charge >= 0.3 is 0 Å². The van der Waals surface area contributed by atoms with Crippen molar-refractivity contribution in [3.8, 4) is 0 Å². The van der Waals surface area contributed by atoms with Gasteiger partial charge in [0.2, 0.25) is 0 Å². The normalized spacial score (nSPS) is 18.5. The maximum Gasteiger partial charge on any atom is 0.0900 e. The smallest absolute Gasteiger partial charge is 0.0900 e. The van der Waals surface area contributed by atoms with Crippen molar-refractivity contribution in [3.63, 3.8) is 0 Å². The van der Waals surface area contributed by atoms with Gasteiger partial charge in [0.15, 0.2) is 0 Å². The molecule has 0 aliphatic carbocycles. The van der Waals surface area contributed by atoms with Crippen molar-refractivity contribution in [2.24, 2.45) is 0 Å². The molecule has 0 bridgehead atoms. The summed E-state index contributed by atoms with van der Waals surface area (Å²) in [6.07, 6.45) is 0.763. The number of ether oxygens (including phenoxy) is 1. The van der Waals surface area contributed by atoms with E-state index in [0.29, 0.717) is 24.8 Å². The lowest BCUT2D eigenvalue weighted by Crippen LogP contribution is -2.49. The molecule has 1 aliphatic rings. The summed E-state index contributed by atoms with van der Waals surface area (Å²) < 4.78 is 5.59. The van der Waals surface area contributed by atoms with Gasteiger partial charge in [-0.15, -0.1) is 0 Å². The van der Waals surface area contributed by atoms with Crippen LogP contribution in [0.15, 0.2) is 24.3 Å². The third-order valence-electron chi connectivity index (χ3n) is 4.00. The lowest BCUT2D eigenvalue weighted by atomic mass is 10.2. The minimum Gasteiger partial charge on any atom is -0.389 e. The average molecular weight is 327 g/mol. The predicted molar refractivity (Wildman–Crippen MR) is 90.3 cm³/mol. The minimum atomic E-state index is -0.444. The number of benzene rings is 1. The van der Waals surface area contributed by atoms with Gasteiger partial charge in [0, 0.05) is 37.7 Å². The van der Waals surface area contributed by atoms with E-state index in [1.54, 1.807) is 0 Å². The Balaban J connectivity index is 1.62. The number of aliphatic hydroxyl groups is 1. The van der Waals surface area contributed by atoms with Crippen molar-refractivity contribution in [2.45, 2.75) is 26.1 Å². The molecule has 0 spiro atoms. The highest BCUT2D eigenvalue weighted by Gasteiger charge is 2.18. The van der Waals surface area contributed by atoms with Crippen molar-refractivity contribution >= 4 is 11.6 Å². The molecule has 0 radical (unpaired) electrons. The first-order chi connectivity index (χ1) is 10.7. The van der Waals surface area contributed by atoms with Crippen molar-refractivity contribution in [3.05, 3.63) is 34.9 Å². The van der Waals surface area contributed by atoms with Crippen molar-refractivity contribution < 1.29 is 9.84 Å². The van der Waals surface area contributed by atoms with E-state index in [9.17, 15) is 5.11 Å². The molecule has 2 rings (SSSR count). The van der Waals surface area contributed by atoms with Gasteiger partial charge < -0.3 is 14.7 Å². The molecule has 1 N–H and O–H groups in total. The Morgan fingerprint density at radius 1 is 1.18 bits per heavy atom. The van der Waals surface area contributed by atoms with Crippen LogP contribution in [-0.2, 0) is 11.3 Å². The Morgan fingerprint density at radius 2 is 1.86 bits per heavy atom. The molecule has 1 saturated heterocycles. The van der Waals surface area contributed by atoms with Crippen LogP contribution in [0.3, 0.4) is 0 Å². The molecule has 5 heteroatoms. The van der Waals surface area contributed by atoms with Crippen LogP contribution in [0, 0.1) is 0 Å². The Bertz CT molecular complexity index is 436. The van der Waals surface area contributed by atoms with Gasteiger partial charge in [-0.3, -0.25) is 4.90 Å². The molecule has 1 fully saturated rings. The summed E-state index contributed by atoms with van der Waals surface area (Å²) in [6.45, 7) is 9.12. The molecule has 0 unspecified atom stereocenters. The van der Waals surface area contributed by atoms with Crippen molar-refractivity contribution in [1.29, 1.82) is 0 Å². The number of aliphatic hydroxyl groups excluding tert-OH is 1. The zero-order valence-electron chi connectivity index (χ0n) is 13.4. The molecule has 22 heavy (non-hydrogen) atoms. The van der Waals surface area contributed by atoms with E-state index in [1.807, 2.05) is 24.3 Å². The summed E-state index contributed by atoms with van der Waals surface area (Å²) in [5.74, 6) is 0. The van der Waals surface area contributed by atoms with E-state index in [2.05, 4.69) is 16.7 Å². The maximum atomic E-state index is 10.1. The zero-order chi connectivity index (χ0) is 15.8. The molecule has 124 valence electrons. The van der Waals surface area contributed by atoms with Crippen LogP contribution in [-0.4, -0.2) is 66.9 Å². The fourth-order valence-electron chi connectivity index (χ4n) is 2.78. The van der Waals surface area contributed by atoms with E-state index in [4.69, 9.17) is 16.3 Å². The van der Waals surface area contributed by atoms with E-state index in [-0.39, 0.29) is 0 Å². The number of nitrogens with zero attached hydrogens (tertiary/aromatic N) is 2. The highest BCUT2D eigenvalue weighted by atomic mass is 35.5. The van der Waals surface area contributed by atoms with Crippen molar-refractivity contribution in [1.82, 2.24) is 9.80 Å². The lowest BCUT2D eigenvalue weighted by Gasteiger charge is -2.35. The summed E-state index contributed by atoms with van der Waals surface area (Å²) >= 11 is 6.08. The average Bonchev–Trinajstić information content (AvgIpc) is 2.51. The van der Waals surface area contributed by atoms with Gasteiger partial charge in [0.25, 0.3) is 0 Å². The summed E-state index contributed by atoms with van der Waals surface area (Å²) in [7, 11) is 0. The molecule has 1 atom stereocenters. The van der Waals surface area contributed by atoms with Gasteiger partial charge in [0.1, 0.15) is 0 Å². The standard InChI is InChI=1S/C17H27ClN2O2/c1-2-7-19-8-10-20(11-9-19)12-16(21)14-22-13-15-5-3-4-6-17(15)18/h3-6,16,21H,2,7-14H2,1H3/t16-/m0/s1. The number of β-amino-alcohol motifs (C(OH)–C–C–N with tert-alkyl or cyclic N) is 1. The second kappa shape index (κ2) is 9.48. The molecule has 1 aromatic carbocycles. The van der Waals surface area contributed by atoms with Crippen LogP contribution in [0.25, 0.3) is 0 Å². The Kier molecular flexibility index (Phi) is 7.63. The molecule has 4 nitrogen and oxygen atoms in total. The van der Waals surface area contributed by atoms with Crippen LogP contribution in [0.2, 0.25) is 5.02 Å². The molecule has 0 saturated carbocycles. The van der Waals surface area contributed by atoms with Gasteiger partial charge in [-0.25, -0.2) is 0 Å². The number of rotatable bonds is 8. The first-order valence-corrected chi connectivity index (χ1v) is 8.50. The Morgan fingerprint density at radius 3 is 2.55 bits per heavy atom. The third kappa shape index (κ3) is 5.86. The van der Waals surface area contributed by atoms with Crippen LogP contribution in [0.4, 0.5) is 0 Å². The number of halogens is 1. The highest BCUT2D eigenvalue weighted by Crippen LogP contribution is 2.15. The second-order valence-corrected chi connectivity index (χ2v) is 6.31. The number of hydrogen-bond donors (Lipinski definition) is 1. The van der Waals surface area contributed by atoms with E-state index in [0.717, 1.165) is 31.7 Å². The molecular weight excluding hydrogens is 300 g/mol. The second-order valence-electron chi connectivity index (χ2n) is 5.90. The van der Waals surface area contributed by atoms with Crippen LogP contribution in [0.5, 0.6) is 0 Å². The van der Waals surface area contributed by atoms with Gasteiger partial charge in [-0.05, 0) is 24.6 Å². The molecular formula is C17H27ClN2O2. The van der Waals surface area contributed by atoms with E-state index in [1.165, 1.54) is 13.0 Å². The van der Waals surface area contributed by atoms with Gasteiger partial charge in [-0.2, -0.15) is 0 Å². The number of hydrogen-bond acceptors (Lipinski definition) is 4. The molecule has 0 amide bonds. The lowest BCUT2D eigenvalue weighted by molar-refractivity contribution is 0.00146. The summed E-state index contributed by atoms with van der Waals surface area (Å²) in [4.78, 5) is 4.80. The highest BCUT2D eigenvalue weighted by molar-refractivity contribution is 6.31. The van der Waals surface area contributed by atoms with Gasteiger partial charge in [0.05, 0.1) is 19.3 Å².